The molecule has 0 aliphatic rings. The first-order chi connectivity index (χ1) is 5.99. The number of thioether (sulfide) groups is 1. The highest BCUT2D eigenvalue weighted by Gasteiger charge is 2.09. The van der Waals surface area contributed by atoms with Crippen LogP contribution in [0.3, 0.4) is 0 Å². The maximum atomic E-state index is 10.9. The van der Waals surface area contributed by atoms with Crippen LogP contribution in [-0.2, 0) is 9.84 Å². The summed E-state index contributed by atoms with van der Waals surface area (Å²) in [5.41, 5.74) is 0. The van der Waals surface area contributed by atoms with Gasteiger partial charge in [0.05, 0.1) is 6.73 Å². The second-order valence-electron chi connectivity index (χ2n) is 2.94. The molecule has 0 atom stereocenters. The van der Waals surface area contributed by atoms with Gasteiger partial charge < -0.3 is 5.11 Å². The van der Waals surface area contributed by atoms with Gasteiger partial charge in [-0.15, -0.1) is 0 Å². The molecule has 0 saturated heterocycles. The summed E-state index contributed by atoms with van der Waals surface area (Å²) in [6, 6.07) is 0. The van der Waals surface area contributed by atoms with E-state index in [2.05, 4.69) is 0 Å². The van der Waals surface area contributed by atoms with E-state index in [9.17, 15) is 8.42 Å². The summed E-state index contributed by atoms with van der Waals surface area (Å²) >= 11 is 1.71. The van der Waals surface area contributed by atoms with E-state index >= 15 is 0 Å². The van der Waals surface area contributed by atoms with E-state index in [1.165, 1.54) is 11.2 Å². The minimum atomic E-state index is -3.01. The van der Waals surface area contributed by atoms with Crippen molar-refractivity contribution in [2.75, 3.05) is 37.4 Å². The van der Waals surface area contributed by atoms with Crippen LogP contribution in [0.15, 0.2) is 0 Å². The lowest BCUT2D eigenvalue weighted by Crippen LogP contribution is -2.31. The fourth-order valence-corrected chi connectivity index (χ4v) is 2.23. The summed E-state index contributed by atoms with van der Waals surface area (Å²) in [6.45, 7) is 0.436. The average molecular weight is 227 g/mol. The SMILES string of the molecule is CSCCCN(CO)CS(C)(=O)=O. The quantitative estimate of drug-likeness (QED) is 0.490. The van der Waals surface area contributed by atoms with E-state index in [0.717, 1.165) is 12.2 Å². The molecule has 0 amide bonds. The topological polar surface area (TPSA) is 57.6 Å². The van der Waals surface area contributed by atoms with Crippen LogP contribution >= 0.6 is 11.8 Å². The van der Waals surface area contributed by atoms with Gasteiger partial charge in [-0.1, -0.05) is 0 Å². The molecule has 0 unspecified atom stereocenters. The van der Waals surface area contributed by atoms with Gasteiger partial charge in [0.15, 0.2) is 9.84 Å². The highest BCUT2D eigenvalue weighted by atomic mass is 32.2. The number of aliphatic hydroxyl groups excluding tert-OH is 1. The Hall–Kier alpha value is 0.220. The Kier molecular flexibility index (Phi) is 6.75. The lowest BCUT2D eigenvalue weighted by atomic mass is 10.4. The number of rotatable bonds is 7. The zero-order chi connectivity index (χ0) is 10.3. The fourth-order valence-electron chi connectivity index (χ4n) is 0.940. The molecule has 1 N–H and O–H groups in total. The molecule has 0 rings (SSSR count). The van der Waals surface area contributed by atoms with Crippen LogP contribution in [0, 0.1) is 0 Å². The van der Waals surface area contributed by atoms with E-state index in [1.54, 1.807) is 11.8 Å². The third kappa shape index (κ3) is 8.55. The summed E-state index contributed by atoms with van der Waals surface area (Å²) in [5, 5.41) is 8.84. The van der Waals surface area contributed by atoms with Gasteiger partial charge in [0.1, 0.15) is 5.88 Å². The zero-order valence-corrected chi connectivity index (χ0v) is 9.70. The van der Waals surface area contributed by atoms with Crippen LogP contribution in [0.5, 0.6) is 0 Å². The first-order valence-corrected chi connectivity index (χ1v) is 7.45. The molecule has 80 valence electrons. The lowest BCUT2D eigenvalue weighted by Gasteiger charge is -2.17. The Balaban J connectivity index is 3.77. The zero-order valence-electron chi connectivity index (χ0n) is 8.06. The molecule has 4 nitrogen and oxygen atoms in total. The molecule has 0 heterocycles. The maximum absolute atomic E-state index is 10.9. The van der Waals surface area contributed by atoms with Crippen LogP contribution in [0.1, 0.15) is 6.42 Å². The van der Waals surface area contributed by atoms with Crippen molar-refractivity contribution in [2.45, 2.75) is 6.42 Å². The molecule has 13 heavy (non-hydrogen) atoms. The van der Waals surface area contributed by atoms with E-state index in [1.807, 2.05) is 6.26 Å². The molecule has 0 radical (unpaired) electrons. The van der Waals surface area contributed by atoms with Crippen molar-refractivity contribution in [1.82, 2.24) is 4.90 Å². The smallest absolute Gasteiger partial charge is 0.160 e. The summed E-state index contributed by atoms with van der Waals surface area (Å²) in [5.74, 6) is 0.929. The molecule has 0 spiro atoms. The first-order valence-electron chi connectivity index (χ1n) is 3.99. The van der Waals surface area contributed by atoms with Crippen LogP contribution in [0.4, 0.5) is 0 Å². The number of aliphatic hydroxyl groups is 1. The maximum Gasteiger partial charge on any atom is 0.160 e. The van der Waals surface area contributed by atoms with Gasteiger partial charge in [0.25, 0.3) is 0 Å². The third-order valence-electron chi connectivity index (χ3n) is 1.44. The van der Waals surface area contributed by atoms with Gasteiger partial charge in [0.2, 0.25) is 0 Å². The van der Waals surface area contributed by atoms with E-state index < -0.39 is 9.84 Å². The van der Waals surface area contributed by atoms with E-state index in [-0.39, 0.29) is 12.6 Å². The van der Waals surface area contributed by atoms with Gasteiger partial charge in [0, 0.05) is 12.8 Å². The highest BCUT2D eigenvalue weighted by molar-refractivity contribution is 7.98. The Morgan fingerprint density at radius 2 is 2.08 bits per heavy atom. The Morgan fingerprint density at radius 3 is 2.46 bits per heavy atom. The first kappa shape index (κ1) is 13.2. The second kappa shape index (κ2) is 6.64. The summed E-state index contributed by atoms with van der Waals surface area (Å²) in [4.78, 5) is 1.52. The predicted molar refractivity (Wildman–Crippen MR) is 56.5 cm³/mol. The predicted octanol–water partition coefficient (Wildman–Crippen LogP) is -0.00660. The number of hydrogen-bond acceptors (Lipinski definition) is 5. The lowest BCUT2D eigenvalue weighted by molar-refractivity contribution is 0.125. The average Bonchev–Trinajstić information content (AvgIpc) is 2.01. The van der Waals surface area contributed by atoms with Gasteiger partial charge in [-0.3, -0.25) is 4.90 Å². The molecule has 0 aliphatic heterocycles. The molecule has 0 saturated carbocycles. The van der Waals surface area contributed by atoms with Crippen molar-refractivity contribution in [1.29, 1.82) is 0 Å². The summed E-state index contributed by atoms with van der Waals surface area (Å²) < 4.78 is 21.8. The van der Waals surface area contributed by atoms with Crippen LogP contribution < -0.4 is 0 Å². The highest BCUT2D eigenvalue weighted by Crippen LogP contribution is 1.99. The third-order valence-corrected chi connectivity index (χ3v) is 2.97. The minimum absolute atomic E-state index is 0.0577. The summed E-state index contributed by atoms with van der Waals surface area (Å²) in [7, 11) is -3.01. The molecule has 0 fully saturated rings. The molecular weight excluding hydrogens is 210 g/mol. The monoisotopic (exact) mass is 227 g/mol. The molecule has 0 aromatic carbocycles. The normalized spacial score (nSPS) is 12.3. The molecule has 0 bridgehead atoms. The van der Waals surface area contributed by atoms with E-state index in [4.69, 9.17) is 5.11 Å². The molecule has 0 aromatic heterocycles. The Morgan fingerprint density at radius 1 is 1.46 bits per heavy atom. The fraction of sp³-hybridized carbons (Fsp3) is 1.00. The standard InChI is InChI=1S/C7H17NO3S2/c1-12-5-3-4-8(6-9)7-13(2,10)11/h9H,3-7H2,1-2H3. The number of sulfone groups is 1. The van der Waals surface area contributed by atoms with Crippen molar-refractivity contribution in [2.24, 2.45) is 0 Å². The number of hydrogen-bond donors (Lipinski definition) is 1. The van der Waals surface area contributed by atoms with Crippen LogP contribution in [0.25, 0.3) is 0 Å². The van der Waals surface area contributed by atoms with Crippen LogP contribution in [-0.4, -0.2) is 55.8 Å². The van der Waals surface area contributed by atoms with Crippen molar-refractivity contribution in [3.63, 3.8) is 0 Å². The Bertz CT molecular complexity index is 216. The van der Waals surface area contributed by atoms with Crippen molar-refractivity contribution >= 4 is 21.6 Å². The van der Waals surface area contributed by atoms with Crippen LogP contribution in [0.2, 0.25) is 0 Å². The molecule has 0 aromatic rings. The van der Waals surface area contributed by atoms with Crippen molar-refractivity contribution < 1.29 is 13.5 Å². The second-order valence-corrected chi connectivity index (χ2v) is 6.03. The van der Waals surface area contributed by atoms with Gasteiger partial charge >= 0.3 is 0 Å². The Labute approximate surface area is 84.2 Å². The number of nitrogens with zero attached hydrogens (tertiary/aromatic N) is 1. The van der Waals surface area contributed by atoms with Gasteiger partial charge in [-0.05, 0) is 18.4 Å². The van der Waals surface area contributed by atoms with Gasteiger partial charge in [-0.2, -0.15) is 11.8 Å². The summed E-state index contributed by atoms with van der Waals surface area (Å²) in [6.07, 6.45) is 4.07. The molecule has 0 aliphatic carbocycles. The van der Waals surface area contributed by atoms with Crippen molar-refractivity contribution in [3.8, 4) is 0 Å². The minimum Gasteiger partial charge on any atom is -0.381 e. The molecule has 6 heteroatoms. The van der Waals surface area contributed by atoms with Gasteiger partial charge in [-0.25, -0.2) is 8.42 Å². The largest absolute Gasteiger partial charge is 0.381 e. The van der Waals surface area contributed by atoms with Crippen molar-refractivity contribution in [3.05, 3.63) is 0 Å². The molecular formula is C7H17NO3S2. The van der Waals surface area contributed by atoms with E-state index in [0.29, 0.717) is 6.54 Å².